The van der Waals surface area contributed by atoms with Crippen molar-refractivity contribution in [1.82, 2.24) is 4.90 Å². The predicted molar refractivity (Wildman–Crippen MR) is 111 cm³/mol. The summed E-state index contributed by atoms with van der Waals surface area (Å²) in [6, 6.07) is 18.1. The molecule has 2 heterocycles. The average molecular weight is 382 g/mol. The van der Waals surface area contributed by atoms with E-state index in [1.165, 1.54) is 22.3 Å². The summed E-state index contributed by atoms with van der Waals surface area (Å²) in [6.45, 7) is 5.54. The number of thioether (sulfide) groups is 2. The van der Waals surface area contributed by atoms with Gasteiger partial charge in [-0.25, -0.2) is 4.99 Å². The van der Waals surface area contributed by atoms with E-state index in [4.69, 9.17) is 4.99 Å². The van der Waals surface area contributed by atoms with Crippen molar-refractivity contribution >= 4 is 46.0 Å². The van der Waals surface area contributed by atoms with Crippen molar-refractivity contribution in [1.29, 1.82) is 0 Å². The first-order chi connectivity index (χ1) is 12.7. The summed E-state index contributed by atoms with van der Waals surface area (Å²) >= 11 is 3.15. The highest BCUT2D eigenvalue weighted by Crippen LogP contribution is 2.50. The third kappa shape index (κ3) is 2.93. The predicted octanol–water partition coefficient (Wildman–Crippen LogP) is 5.07. The second kappa shape index (κ2) is 7.21. The number of hydrogen-bond donors (Lipinski definition) is 0. The minimum absolute atomic E-state index is 0.0425. The Morgan fingerprint density at radius 1 is 0.885 bits per heavy atom. The first-order valence-corrected chi connectivity index (χ1v) is 10.3. The minimum atomic E-state index is 0.0425. The van der Waals surface area contributed by atoms with Crippen molar-refractivity contribution in [3.05, 3.63) is 64.5 Å². The van der Waals surface area contributed by atoms with Crippen molar-refractivity contribution in [2.24, 2.45) is 4.99 Å². The Morgan fingerprint density at radius 2 is 1.58 bits per heavy atom. The molecule has 0 unspecified atom stereocenters. The fourth-order valence-electron chi connectivity index (χ4n) is 3.03. The third-order valence-corrected chi connectivity index (χ3v) is 6.66. The van der Waals surface area contributed by atoms with Gasteiger partial charge in [0, 0.05) is 18.0 Å². The fraction of sp³-hybridized carbons (Fsp3) is 0.200. The van der Waals surface area contributed by atoms with Crippen LogP contribution in [0.4, 0.5) is 11.4 Å². The number of carbonyl (C=O) groups excluding carboxylic acids is 1. The van der Waals surface area contributed by atoms with E-state index in [1.807, 2.05) is 49.4 Å². The van der Waals surface area contributed by atoms with E-state index >= 15 is 0 Å². The lowest BCUT2D eigenvalue weighted by Crippen LogP contribution is -2.29. The first-order valence-electron chi connectivity index (χ1n) is 8.65. The van der Waals surface area contributed by atoms with Crippen LogP contribution in [0.15, 0.2) is 74.4 Å². The molecule has 2 aromatic carbocycles. The second-order valence-corrected chi connectivity index (χ2v) is 7.84. The van der Waals surface area contributed by atoms with E-state index in [-0.39, 0.29) is 5.91 Å². The largest absolute Gasteiger partial charge is 0.334 e. The zero-order valence-electron chi connectivity index (χ0n) is 14.7. The summed E-state index contributed by atoms with van der Waals surface area (Å²) in [5, 5.41) is 1.76. The Kier molecular flexibility index (Phi) is 4.78. The molecule has 1 amide bonds. The normalized spacial score (nSPS) is 21.0. The van der Waals surface area contributed by atoms with Crippen LogP contribution < -0.4 is 4.90 Å². The summed E-state index contributed by atoms with van der Waals surface area (Å²) in [4.78, 5) is 23.7. The van der Waals surface area contributed by atoms with Crippen molar-refractivity contribution in [2.75, 3.05) is 18.0 Å². The van der Waals surface area contributed by atoms with E-state index in [2.05, 4.69) is 24.0 Å². The fourth-order valence-corrected chi connectivity index (χ4v) is 5.48. The van der Waals surface area contributed by atoms with Gasteiger partial charge >= 0.3 is 0 Å². The van der Waals surface area contributed by atoms with Crippen LogP contribution in [0.2, 0.25) is 0 Å². The summed E-state index contributed by atoms with van der Waals surface area (Å²) in [5.41, 5.74) is 2.04. The van der Waals surface area contributed by atoms with Crippen LogP contribution in [-0.2, 0) is 4.79 Å². The Labute approximate surface area is 162 Å². The molecule has 0 radical (unpaired) electrons. The van der Waals surface area contributed by atoms with Crippen LogP contribution >= 0.6 is 23.5 Å². The molecule has 1 fully saturated rings. The smallest absolute Gasteiger partial charge is 0.269 e. The molecule has 0 spiro atoms. The lowest BCUT2D eigenvalue weighted by molar-refractivity contribution is -0.122. The van der Waals surface area contributed by atoms with Crippen LogP contribution in [0.25, 0.3) is 0 Å². The average Bonchev–Trinajstić information content (AvgIpc) is 3.19. The monoisotopic (exact) mass is 381 g/mol. The number of rotatable bonds is 3. The molecule has 2 aliphatic rings. The topological polar surface area (TPSA) is 35.9 Å². The first kappa shape index (κ1) is 17.2. The Bertz CT molecular complexity index is 908. The molecule has 0 atom stereocenters. The van der Waals surface area contributed by atoms with E-state index in [9.17, 15) is 4.79 Å². The molecule has 1 saturated heterocycles. The standard InChI is InChI=1S/C20H19N3OS2/c1-3-22-15-12-8-9-13-16(15)25-19(22)17-18(24)23(4-2)20(26-17)21-14-10-6-5-7-11-14/h5-13H,3-4H2,1-2H3. The quantitative estimate of drug-likeness (QED) is 0.696. The lowest BCUT2D eigenvalue weighted by Gasteiger charge is -2.19. The maximum Gasteiger partial charge on any atom is 0.269 e. The van der Waals surface area contributed by atoms with Gasteiger partial charge in [0.25, 0.3) is 5.91 Å². The molecule has 0 N–H and O–H groups in total. The molecular formula is C20H19N3OS2. The molecule has 26 heavy (non-hydrogen) atoms. The summed E-state index contributed by atoms with van der Waals surface area (Å²) in [7, 11) is 0. The van der Waals surface area contributed by atoms with Crippen LogP contribution in [0, 0.1) is 0 Å². The number of amides is 1. The molecule has 6 heteroatoms. The van der Waals surface area contributed by atoms with Gasteiger partial charge in [-0.2, -0.15) is 0 Å². The summed E-state index contributed by atoms with van der Waals surface area (Å²) in [6.07, 6.45) is 0. The lowest BCUT2D eigenvalue weighted by atomic mass is 10.3. The van der Waals surface area contributed by atoms with Gasteiger partial charge in [0.05, 0.1) is 11.4 Å². The number of amidine groups is 1. The van der Waals surface area contributed by atoms with E-state index in [0.29, 0.717) is 6.54 Å². The Morgan fingerprint density at radius 3 is 2.31 bits per heavy atom. The number of nitrogens with zero attached hydrogens (tertiary/aromatic N) is 3. The van der Waals surface area contributed by atoms with Gasteiger partial charge < -0.3 is 4.90 Å². The molecular weight excluding hydrogens is 362 g/mol. The highest BCUT2D eigenvalue weighted by molar-refractivity contribution is 8.19. The maximum absolute atomic E-state index is 13.1. The molecule has 2 aliphatic heterocycles. The van der Waals surface area contributed by atoms with Gasteiger partial charge in [-0.1, -0.05) is 42.1 Å². The van der Waals surface area contributed by atoms with Crippen molar-refractivity contribution in [3.8, 4) is 0 Å². The number of para-hydroxylation sites is 2. The molecule has 0 bridgehead atoms. The third-order valence-electron chi connectivity index (χ3n) is 4.28. The molecule has 0 aromatic heterocycles. The highest BCUT2D eigenvalue weighted by atomic mass is 32.2. The maximum atomic E-state index is 13.1. The second-order valence-electron chi connectivity index (χ2n) is 5.83. The van der Waals surface area contributed by atoms with Gasteiger partial charge in [0.2, 0.25) is 0 Å². The number of aliphatic imine (C=N–C) groups is 1. The molecule has 0 saturated carbocycles. The Balaban J connectivity index is 1.75. The number of anilines is 1. The minimum Gasteiger partial charge on any atom is -0.334 e. The van der Waals surface area contributed by atoms with Crippen molar-refractivity contribution < 1.29 is 4.79 Å². The number of hydrogen-bond acceptors (Lipinski definition) is 5. The summed E-state index contributed by atoms with van der Waals surface area (Å²) in [5.74, 6) is 0.0425. The van der Waals surface area contributed by atoms with Crippen molar-refractivity contribution in [3.63, 3.8) is 0 Å². The zero-order valence-corrected chi connectivity index (χ0v) is 16.3. The van der Waals surface area contributed by atoms with Gasteiger partial charge in [-0.05, 0) is 49.9 Å². The van der Waals surface area contributed by atoms with E-state index in [1.54, 1.807) is 16.7 Å². The summed E-state index contributed by atoms with van der Waals surface area (Å²) < 4.78 is 0. The van der Waals surface area contributed by atoms with E-state index < -0.39 is 0 Å². The van der Waals surface area contributed by atoms with Gasteiger partial charge in [0.1, 0.15) is 9.93 Å². The number of likely N-dealkylation sites (N-methyl/N-ethyl adjacent to an activating group) is 1. The number of fused-ring (bicyclic) bond motifs is 1. The number of carbonyl (C=O) groups is 1. The van der Waals surface area contributed by atoms with Crippen molar-refractivity contribution in [2.45, 2.75) is 18.7 Å². The van der Waals surface area contributed by atoms with Gasteiger partial charge in [0.15, 0.2) is 5.17 Å². The van der Waals surface area contributed by atoms with Crippen LogP contribution in [0.1, 0.15) is 13.8 Å². The Hall–Kier alpha value is -2.18. The van der Waals surface area contributed by atoms with Gasteiger partial charge in [-0.15, -0.1) is 0 Å². The van der Waals surface area contributed by atoms with Gasteiger partial charge in [-0.3, -0.25) is 9.69 Å². The van der Waals surface area contributed by atoms with Crippen LogP contribution in [-0.4, -0.2) is 29.1 Å². The zero-order chi connectivity index (χ0) is 18.1. The number of benzene rings is 2. The van der Waals surface area contributed by atoms with E-state index in [0.717, 1.165) is 27.3 Å². The van der Waals surface area contributed by atoms with Crippen LogP contribution in [0.5, 0.6) is 0 Å². The highest BCUT2D eigenvalue weighted by Gasteiger charge is 2.38. The molecule has 132 valence electrons. The molecule has 0 aliphatic carbocycles. The molecule has 4 nitrogen and oxygen atoms in total. The SMILES string of the molecule is CCN1C(=O)C(=C2Sc3ccccc3N2CC)SC1=Nc1ccccc1. The molecule has 4 rings (SSSR count). The van der Waals surface area contributed by atoms with Crippen LogP contribution in [0.3, 0.4) is 0 Å². The molecule has 2 aromatic rings.